The standard InChI is InChI=1S/C14H16N2OS.C2H6/c1-14(2,3)18(17)16-13-8-7-11-10(9-15)5-4-6-12(11)13;1-2/h4-6H,7-8H2,1-3H3;1-2H3/b16-13+;. The van der Waals surface area contributed by atoms with Crippen LogP contribution in [0, 0.1) is 11.3 Å². The third-order valence-electron chi connectivity index (χ3n) is 2.94. The summed E-state index contributed by atoms with van der Waals surface area (Å²) < 4.78 is 16.0. The third-order valence-corrected chi connectivity index (χ3v) is 4.37. The zero-order valence-corrected chi connectivity index (χ0v) is 13.7. The first-order chi connectivity index (χ1) is 9.43. The molecule has 20 heavy (non-hydrogen) atoms. The van der Waals surface area contributed by atoms with E-state index in [2.05, 4.69) is 10.5 Å². The minimum atomic E-state index is -1.24. The van der Waals surface area contributed by atoms with Gasteiger partial charge >= 0.3 is 0 Å². The van der Waals surface area contributed by atoms with Gasteiger partial charge < -0.3 is 0 Å². The molecular formula is C16H22N2OS. The van der Waals surface area contributed by atoms with Crippen molar-refractivity contribution in [1.29, 1.82) is 5.26 Å². The molecule has 1 aromatic carbocycles. The second-order valence-corrected chi connectivity index (χ2v) is 7.25. The Bertz CT molecular complexity index is 577. The maximum atomic E-state index is 12.0. The quantitative estimate of drug-likeness (QED) is 0.790. The Labute approximate surface area is 124 Å². The van der Waals surface area contributed by atoms with E-state index in [-0.39, 0.29) is 4.75 Å². The van der Waals surface area contributed by atoms with Crippen LogP contribution >= 0.6 is 0 Å². The number of rotatable bonds is 1. The molecule has 2 rings (SSSR count). The van der Waals surface area contributed by atoms with Crippen molar-refractivity contribution in [2.24, 2.45) is 4.40 Å². The van der Waals surface area contributed by atoms with Gasteiger partial charge in [0.15, 0.2) is 0 Å². The minimum absolute atomic E-state index is 0.345. The van der Waals surface area contributed by atoms with E-state index in [1.165, 1.54) is 0 Å². The molecule has 0 bridgehead atoms. The highest BCUT2D eigenvalue weighted by Gasteiger charge is 2.24. The molecule has 3 nitrogen and oxygen atoms in total. The van der Waals surface area contributed by atoms with E-state index in [1.54, 1.807) is 0 Å². The van der Waals surface area contributed by atoms with Crippen LogP contribution in [0.25, 0.3) is 0 Å². The van der Waals surface area contributed by atoms with E-state index in [0.29, 0.717) is 5.56 Å². The van der Waals surface area contributed by atoms with Crippen LogP contribution in [0.1, 0.15) is 57.7 Å². The van der Waals surface area contributed by atoms with Crippen LogP contribution in [0.5, 0.6) is 0 Å². The van der Waals surface area contributed by atoms with E-state index in [0.717, 1.165) is 29.7 Å². The lowest BCUT2D eigenvalue weighted by molar-refractivity contribution is 0.650. The summed E-state index contributed by atoms with van der Waals surface area (Å²) in [6.07, 6.45) is 1.59. The summed E-state index contributed by atoms with van der Waals surface area (Å²) >= 11 is 0. The second-order valence-electron chi connectivity index (χ2n) is 5.34. The van der Waals surface area contributed by atoms with E-state index in [1.807, 2.05) is 52.8 Å². The fraction of sp³-hybridized carbons (Fsp3) is 0.500. The van der Waals surface area contributed by atoms with Crippen LogP contribution < -0.4 is 0 Å². The lowest BCUT2D eigenvalue weighted by Crippen LogP contribution is -2.20. The summed E-state index contributed by atoms with van der Waals surface area (Å²) in [4.78, 5) is 0. The molecule has 0 saturated carbocycles. The van der Waals surface area contributed by atoms with Crippen LogP contribution in [-0.2, 0) is 17.4 Å². The third kappa shape index (κ3) is 3.55. The maximum absolute atomic E-state index is 12.0. The minimum Gasteiger partial charge on any atom is -0.234 e. The second kappa shape index (κ2) is 6.81. The average Bonchev–Trinajstić information content (AvgIpc) is 2.83. The Morgan fingerprint density at radius 3 is 2.45 bits per heavy atom. The molecule has 0 spiro atoms. The number of nitriles is 1. The molecule has 0 N–H and O–H groups in total. The van der Waals surface area contributed by atoms with E-state index < -0.39 is 11.0 Å². The smallest absolute Gasteiger partial charge is 0.145 e. The van der Waals surface area contributed by atoms with Gasteiger partial charge in [0, 0.05) is 5.56 Å². The fourth-order valence-corrected chi connectivity index (χ4v) is 2.60. The molecular weight excluding hydrogens is 268 g/mol. The fourth-order valence-electron chi connectivity index (χ4n) is 1.94. The van der Waals surface area contributed by atoms with Crippen molar-refractivity contribution in [1.82, 2.24) is 0 Å². The molecule has 0 aromatic heterocycles. The van der Waals surface area contributed by atoms with Gasteiger partial charge in [-0.2, -0.15) is 9.66 Å². The first kappa shape index (κ1) is 16.6. The Hall–Kier alpha value is -1.47. The van der Waals surface area contributed by atoms with Gasteiger partial charge in [-0.3, -0.25) is 0 Å². The van der Waals surface area contributed by atoms with Gasteiger partial charge in [-0.25, -0.2) is 4.21 Å². The lowest BCUT2D eigenvalue weighted by atomic mass is 10.0. The first-order valence-electron chi connectivity index (χ1n) is 6.95. The van der Waals surface area contributed by atoms with E-state index in [9.17, 15) is 4.21 Å². The van der Waals surface area contributed by atoms with Crippen molar-refractivity contribution in [2.45, 2.75) is 52.2 Å². The monoisotopic (exact) mass is 290 g/mol. The zero-order valence-electron chi connectivity index (χ0n) is 12.9. The summed E-state index contributed by atoms with van der Waals surface area (Å²) in [6, 6.07) is 7.84. The number of hydrogen-bond acceptors (Lipinski definition) is 2. The van der Waals surface area contributed by atoms with Crippen molar-refractivity contribution < 1.29 is 4.21 Å². The summed E-state index contributed by atoms with van der Waals surface area (Å²) in [5.41, 5.74) is 3.62. The Balaban J connectivity index is 0.000000956. The Kier molecular flexibility index (Phi) is 5.64. The van der Waals surface area contributed by atoms with Crippen molar-refractivity contribution in [3.05, 3.63) is 34.9 Å². The number of benzene rings is 1. The topological polar surface area (TPSA) is 53.2 Å². The molecule has 0 fully saturated rings. The largest absolute Gasteiger partial charge is 0.234 e. The Morgan fingerprint density at radius 2 is 1.90 bits per heavy atom. The highest BCUT2D eigenvalue weighted by molar-refractivity contribution is 7.85. The van der Waals surface area contributed by atoms with Crippen molar-refractivity contribution >= 4 is 16.7 Å². The number of nitrogens with zero attached hydrogens (tertiary/aromatic N) is 2. The summed E-state index contributed by atoms with van der Waals surface area (Å²) in [5.74, 6) is 0. The number of fused-ring (bicyclic) bond motifs is 1. The molecule has 0 saturated heterocycles. The summed E-state index contributed by atoms with van der Waals surface area (Å²) in [5, 5.41) is 9.05. The van der Waals surface area contributed by atoms with Crippen molar-refractivity contribution in [2.75, 3.05) is 0 Å². The highest BCUT2D eigenvalue weighted by atomic mass is 32.2. The van der Waals surface area contributed by atoms with Crippen LogP contribution in [0.3, 0.4) is 0 Å². The van der Waals surface area contributed by atoms with Crippen molar-refractivity contribution in [3.8, 4) is 6.07 Å². The lowest BCUT2D eigenvalue weighted by Gasteiger charge is -2.14. The average molecular weight is 290 g/mol. The van der Waals surface area contributed by atoms with Crippen LogP contribution in [0.2, 0.25) is 0 Å². The molecule has 1 atom stereocenters. The molecule has 108 valence electrons. The van der Waals surface area contributed by atoms with Gasteiger partial charge in [-0.15, -0.1) is 0 Å². The van der Waals surface area contributed by atoms with Gasteiger partial charge in [-0.05, 0) is 45.2 Å². The van der Waals surface area contributed by atoms with Crippen molar-refractivity contribution in [3.63, 3.8) is 0 Å². The van der Waals surface area contributed by atoms with Gasteiger partial charge in [0.1, 0.15) is 11.0 Å². The molecule has 1 aliphatic carbocycles. The van der Waals surface area contributed by atoms with Gasteiger partial charge in [-0.1, -0.05) is 26.0 Å². The maximum Gasteiger partial charge on any atom is 0.145 e. The first-order valence-corrected chi connectivity index (χ1v) is 8.06. The summed E-state index contributed by atoms with van der Waals surface area (Å²) in [7, 11) is -1.24. The number of hydrogen-bond donors (Lipinski definition) is 0. The SMILES string of the molecule is CC.CC(C)(C)S(=O)/N=C1\CCc2c(C#N)cccc21. The van der Waals surface area contributed by atoms with Gasteiger partial charge in [0.2, 0.25) is 0 Å². The van der Waals surface area contributed by atoms with E-state index >= 15 is 0 Å². The van der Waals surface area contributed by atoms with Crippen LogP contribution in [-0.4, -0.2) is 14.7 Å². The highest BCUT2D eigenvalue weighted by Crippen LogP contribution is 2.27. The molecule has 0 amide bonds. The summed E-state index contributed by atoms with van der Waals surface area (Å²) in [6.45, 7) is 9.73. The van der Waals surface area contributed by atoms with Gasteiger partial charge in [0.25, 0.3) is 0 Å². The molecule has 4 heteroatoms. The molecule has 0 radical (unpaired) electrons. The van der Waals surface area contributed by atoms with Gasteiger partial charge in [0.05, 0.1) is 22.1 Å². The molecule has 1 aliphatic rings. The molecule has 1 unspecified atom stereocenters. The molecule has 0 heterocycles. The Morgan fingerprint density at radius 1 is 1.25 bits per heavy atom. The molecule has 1 aromatic rings. The normalized spacial score (nSPS) is 16.9. The predicted octanol–water partition coefficient (Wildman–Crippen LogP) is 3.78. The van der Waals surface area contributed by atoms with E-state index in [4.69, 9.17) is 5.26 Å². The molecule has 0 aliphatic heterocycles. The van der Waals surface area contributed by atoms with Crippen LogP contribution in [0.15, 0.2) is 22.6 Å². The zero-order chi connectivity index (χ0) is 15.3. The predicted molar refractivity (Wildman–Crippen MR) is 85.3 cm³/mol. The van der Waals surface area contributed by atoms with Crippen LogP contribution in [0.4, 0.5) is 0 Å².